The van der Waals surface area contributed by atoms with Gasteiger partial charge in [-0.1, -0.05) is 0 Å². The molecule has 0 aliphatic carbocycles. The van der Waals surface area contributed by atoms with Gasteiger partial charge in [0.15, 0.2) is 23.3 Å². The van der Waals surface area contributed by atoms with Gasteiger partial charge in [-0.15, -0.1) is 0 Å². The lowest BCUT2D eigenvalue weighted by Crippen LogP contribution is -2.22. The number of amides is 1. The van der Waals surface area contributed by atoms with Crippen LogP contribution in [0.15, 0.2) is 0 Å². The zero-order chi connectivity index (χ0) is 20.8. The third-order valence-corrected chi connectivity index (χ3v) is 3.37. The maximum absolute atomic E-state index is 13.8. The Balaban J connectivity index is 2.60. The monoisotopic (exact) mass is 400 g/mol. The topological polar surface area (TPSA) is 90.1 Å². The Morgan fingerprint density at radius 2 is 1.59 bits per heavy atom. The van der Waals surface area contributed by atoms with Crippen LogP contribution in [-0.2, 0) is 13.2 Å². The molecular formula is C13H7F7N4O3. The van der Waals surface area contributed by atoms with Gasteiger partial charge < -0.3 is 5.32 Å². The number of nitrogens with zero attached hydrogens (tertiary/aromatic N) is 3. The van der Waals surface area contributed by atoms with Crippen LogP contribution in [0.25, 0.3) is 0 Å². The van der Waals surface area contributed by atoms with Crippen molar-refractivity contribution in [3.8, 4) is 0 Å². The summed E-state index contributed by atoms with van der Waals surface area (Å²) in [6.07, 6.45) is -5.75. The number of carbonyl (C=O) groups excluding carboxylic acids is 1. The minimum absolute atomic E-state index is 0.265. The maximum Gasteiger partial charge on any atom is 0.422 e. The van der Waals surface area contributed by atoms with E-state index < -0.39 is 62.9 Å². The number of halogens is 7. The van der Waals surface area contributed by atoms with Crippen LogP contribution in [0, 0.1) is 40.3 Å². The van der Waals surface area contributed by atoms with E-state index in [1.54, 1.807) is 0 Å². The van der Waals surface area contributed by atoms with Gasteiger partial charge in [0.2, 0.25) is 5.69 Å². The fraction of sp³-hybridized carbons (Fsp3) is 0.231. The van der Waals surface area contributed by atoms with E-state index in [1.165, 1.54) is 5.32 Å². The Labute approximate surface area is 144 Å². The molecule has 0 atom stereocenters. The molecule has 0 saturated heterocycles. The molecule has 146 valence electrons. The molecule has 1 amide bonds. The third-order valence-electron chi connectivity index (χ3n) is 3.37. The summed E-state index contributed by atoms with van der Waals surface area (Å²) in [4.78, 5) is 22.1. The Morgan fingerprint density at radius 3 is 2.00 bits per heavy atom. The van der Waals surface area contributed by atoms with Crippen molar-refractivity contribution in [3.63, 3.8) is 0 Å². The van der Waals surface area contributed by atoms with Gasteiger partial charge in [-0.2, -0.15) is 18.3 Å². The molecule has 0 bridgehead atoms. The molecular weight excluding hydrogens is 393 g/mol. The number of aryl methyl sites for hydroxylation is 2. The molecule has 27 heavy (non-hydrogen) atoms. The van der Waals surface area contributed by atoms with Crippen LogP contribution in [0.2, 0.25) is 0 Å². The van der Waals surface area contributed by atoms with Crippen LogP contribution in [0.5, 0.6) is 0 Å². The fourth-order valence-electron chi connectivity index (χ4n) is 2.28. The van der Waals surface area contributed by atoms with Crippen molar-refractivity contribution in [1.29, 1.82) is 0 Å². The smallest absolute Gasteiger partial charge is 0.315 e. The number of anilines is 1. The first-order chi connectivity index (χ1) is 12.3. The lowest BCUT2D eigenvalue weighted by molar-refractivity contribution is -0.385. The van der Waals surface area contributed by atoms with Gasteiger partial charge in [0.25, 0.3) is 5.91 Å². The van der Waals surface area contributed by atoms with Gasteiger partial charge in [-0.05, 0) is 6.92 Å². The van der Waals surface area contributed by atoms with Crippen LogP contribution in [0.3, 0.4) is 0 Å². The highest BCUT2D eigenvalue weighted by Crippen LogP contribution is 2.38. The molecule has 0 unspecified atom stereocenters. The van der Waals surface area contributed by atoms with E-state index in [9.17, 15) is 45.6 Å². The molecule has 1 heterocycles. The van der Waals surface area contributed by atoms with Crippen molar-refractivity contribution < 1.29 is 40.5 Å². The van der Waals surface area contributed by atoms with Crippen LogP contribution in [-0.4, -0.2) is 20.6 Å². The molecule has 0 fully saturated rings. The minimum atomic E-state index is -5.75. The van der Waals surface area contributed by atoms with Crippen molar-refractivity contribution in [1.82, 2.24) is 9.78 Å². The average Bonchev–Trinajstić information content (AvgIpc) is 2.82. The number of rotatable bonds is 3. The highest BCUT2D eigenvalue weighted by Gasteiger charge is 2.43. The second-order valence-corrected chi connectivity index (χ2v) is 5.12. The summed E-state index contributed by atoms with van der Waals surface area (Å²) < 4.78 is 93.0. The second-order valence-electron chi connectivity index (χ2n) is 5.12. The summed E-state index contributed by atoms with van der Waals surface area (Å²) in [5.74, 6) is -12.3. The van der Waals surface area contributed by atoms with Gasteiger partial charge in [-0.25, -0.2) is 17.6 Å². The van der Waals surface area contributed by atoms with Crippen molar-refractivity contribution >= 4 is 17.3 Å². The predicted octanol–water partition coefficient (Wildman–Crippen LogP) is 3.46. The van der Waals surface area contributed by atoms with E-state index >= 15 is 0 Å². The van der Waals surface area contributed by atoms with E-state index in [4.69, 9.17) is 0 Å². The third kappa shape index (κ3) is 3.29. The molecule has 1 aromatic heterocycles. The van der Waals surface area contributed by atoms with Gasteiger partial charge in [0.05, 0.1) is 4.92 Å². The zero-order valence-corrected chi connectivity index (χ0v) is 13.2. The molecule has 1 N–H and O–H groups in total. The van der Waals surface area contributed by atoms with E-state index in [2.05, 4.69) is 5.10 Å². The molecule has 0 radical (unpaired) electrons. The van der Waals surface area contributed by atoms with E-state index in [1.807, 2.05) is 0 Å². The maximum atomic E-state index is 13.8. The summed E-state index contributed by atoms with van der Waals surface area (Å²) >= 11 is 0. The van der Waals surface area contributed by atoms with E-state index in [-0.39, 0.29) is 5.69 Å². The first kappa shape index (κ1) is 20.1. The molecule has 0 saturated carbocycles. The van der Waals surface area contributed by atoms with Crippen LogP contribution in [0.1, 0.15) is 21.7 Å². The Morgan fingerprint density at radius 1 is 1.11 bits per heavy atom. The van der Waals surface area contributed by atoms with Crippen LogP contribution in [0.4, 0.5) is 42.1 Å². The zero-order valence-electron chi connectivity index (χ0n) is 13.2. The summed E-state index contributed by atoms with van der Waals surface area (Å²) in [5.41, 5.74) is -6.69. The number of alkyl halides is 3. The number of nitrogens with one attached hydrogen (secondary N) is 1. The Hall–Kier alpha value is -3.19. The summed E-state index contributed by atoms with van der Waals surface area (Å²) in [5, 5.41) is 15.8. The molecule has 0 aliphatic rings. The summed E-state index contributed by atoms with van der Waals surface area (Å²) in [6.45, 7) is 1.13. The lowest BCUT2D eigenvalue weighted by Gasteiger charge is -2.14. The SMILES string of the molecule is Cc1nn(C)c(C(=O)Nc2c(F)c(F)c(C(F)(F)F)c(F)c2F)c1[N+](=O)[O-]. The molecule has 1 aromatic carbocycles. The number of aromatic nitrogens is 2. The molecule has 7 nitrogen and oxygen atoms in total. The fourth-order valence-corrected chi connectivity index (χ4v) is 2.28. The molecule has 2 rings (SSSR count). The number of carbonyl (C=O) groups is 1. The van der Waals surface area contributed by atoms with Crippen LogP contribution >= 0.6 is 0 Å². The summed E-state index contributed by atoms with van der Waals surface area (Å²) in [6, 6.07) is 0. The quantitative estimate of drug-likeness (QED) is 0.370. The highest BCUT2D eigenvalue weighted by atomic mass is 19.4. The van der Waals surface area contributed by atoms with Gasteiger partial charge in [-0.3, -0.25) is 19.6 Å². The summed E-state index contributed by atoms with van der Waals surface area (Å²) in [7, 11) is 1.05. The number of benzene rings is 1. The lowest BCUT2D eigenvalue weighted by atomic mass is 10.1. The average molecular weight is 400 g/mol. The predicted molar refractivity (Wildman–Crippen MR) is 73.8 cm³/mol. The first-order valence-electron chi connectivity index (χ1n) is 6.71. The van der Waals surface area contributed by atoms with E-state index in [0.717, 1.165) is 14.0 Å². The molecule has 2 aromatic rings. The van der Waals surface area contributed by atoms with E-state index in [0.29, 0.717) is 4.68 Å². The highest BCUT2D eigenvalue weighted by molar-refractivity contribution is 6.06. The molecule has 14 heteroatoms. The Bertz CT molecular complexity index is 939. The number of hydrogen-bond donors (Lipinski definition) is 1. The van der Waals surface area contributed by atoms with Crippen molar-refractivity contribution in [3.05, 3.63) is 50.3 Å². The first-order valence-corrected chi connectivity index (χ1v) is 6.71. The molecule has 0 spiro atoms. The number of hydrogen-bond acceptors (Lipinski definition) is 4. The largest absolute Gasteiger partial charge is 0.422 e. The van der Waals surface area contributed by atoms with Gasteiger partial charge in [0, 0.05) is 7.05 Å². The minimum Gasteiger partial charge on any atom is -0.315 e. The molecule has 0 aliphatic heterocycles. The van der Waals surface area contributed by atoms with Crippen molar-refractivity contribution in [2.75, 3.05) is 5.32 Å². The van der Waals surface area contributed by atoms with Crippen molar-refractivity contribution in [2.45, 2.75) is 13.1 Å². The van der Waals surface area contributed by atoms with Gasteiger partial charge in [0.1, 0.15) is 16.9 Å². The normalized spacial score (nSPS) is 11.6. The second kappa shape index (κ2) is 6.51. The van der Waals surface area contributed by atoms with Crippen molar-refractivity contribution in [2.24, 2.45) is 7.05 Å². The van der Waals surface area contributed by atoms with Gasteiger partial charge >= 0.3 is 11.9 Å². The Kier molecular flexibility index (Phi) is 4.86. The number of nitro groups is 1. The van der Waals surface area contributed by atoms with Crippen LogP contribution < -0.4 is 5.32 Å². The standard InChI is InChI=1S/C13H7F7N4O3/c1-3-10(24(26)27)11(23(2)22-3)12(25)21-9-7(16)5(14)4(13(18,19)20)6(15)8(9)17/h1-2H3,(H,21,25).